The summed E-state index contributed by atoms with van der Waals surface area (Å²) in [6.07, 6.45) is 4.46. The maximum Gasteiger partial charge on any atom is 0.307 e. The van der Waals surface area contributed by atoms with Gasteiger partial charge in [0.05, 0.1) is 12.5 Å². The van der Waals surface area contributed by atoms with Crippen LogP contribution in [0.1, 0.15) is 51.0 Å². The van der Waals surface area contributed by atoms with Gasteiger partial charge in [0, 0.05) is 19.5 Å². The molecule has 1 saturated heterocycles. The highest BCUT2D eigenvalue weighted by Gasteiger charge is 2.29. The van der Waals surface area contributed by atoms with E-state index in [1.807, 2.05) is 30.3 Å². The van der Waals surface area contributed by atoms with Crippen molar-refractivity contribution >= 4 is 17.8 Å². The van der Waals surface area contributed by atoms with Crippen molar-refractivity contribution in [2.45, 2.75) is 58.1 Å². The predicted octanol–water partition coefficient (Wildman–Crippen LogP) is 2.01. The normalized spacial score (nSPS) is 16.4. The van der Waals surface area contributed by atoms with E-state index in [4.69, 9.17) is 4.74 Å². The Labute approximate surface area is 173 Å². The first-order chi connectivity index (χ1) is 14.1. The minimum atomic E-state index is -0.351. The van der Waals surface area contributed by atoms with Crippen LogP contribution in [0.2, 0.25) is 0 Å². The van der Waals surface area contributed by atoms with E-state index in [0.717, 1.165) is 44.3 Å². The molecule has 2 N–H and O–H groups in total. The number of carbonyl (C=O) groups excluding carboxylic acids is 3. The molecule has 7 nitrogen and oxygen atoms in total. The second-order valence-electron chi connectivity index (χ2n) is 7.33. The molecule has 1 unspecified atom stereocenters. The van der Waals surface area contributed by atoms with Gasteiger partial charge >= 0.3 is 5.97 Å². The maximum atomic E-state index is 12.3. The Morgan fingerprint density at radius 3 is 2.62 bits per heavy atom. The van der Waals surface area contributed by atoms with Gasteiger partial charge in [0.25, 0.3) is 0 Å². The molecular formula is C22H33N3O4. The fraction of sp³-hybridized carbons (Fsp3) is 0.591. The quantitative estimate of drug-likeness (QED) is 0.521. The van der Waals surface area contributed by atoms with Crippen LogP contribution in [0.3, 0.4) is 0 Å². The molecule has 0 spiro atoms. The Morgan fingerprint density at radius 2 is 1.86 bits per heavy atom. The number of nitrogens with zero attached hydrogens (tertiary/aromatic N) is 1. The van der Waals surface area contributed by atoms with Crippen molar-refractivity contribution in [3.63, 3.8) is 0 Å². The van der Waals surface area contributed by atoms with Crippen LogP contribution in [0.15, 0.2) is 30.3 Å². The highest BCUT2D eigenvalue weighted by atomic mass is 16.5. The van der Waals surface area contributed by atoms with Gasteiger partial charge in [-0.15, -0.1) is 0 Å². The molecule has 1 aliphatic heterocycles. The molecule has 1 heterocycles. The molecule has 2 amide bonds. The molecule has 0 saturated carbocycles. The summed E-state index contributed by atoms with van der Waals surface area (Å²) in [4.78, 5) is 38.2. The van der Waals surface area contributed by atoms with E-state index in [9.17, 15) is 14.4 Å². The summed E-state index contributed by atoms with van der Waals surface area (Å²) in [7, 11) is 0. The SMILES string of the molecule is CCCCN1CCCC1C(=O)NCCC(=O)NCCC(=O)OCc1ccccc1. The van der Waals surface area contributed by atoms with Gasteiger partial charge in [-0.1, -0.05) is 43.7 Å². The van der Waals surface area contributed by atoms with E-state index in [1.54, 1.807) is 0 Å². The first kappa shape index (κ1) is 22.9. The van der Waals surface area contributed by atoms with Crippen molar-refractivity contribution < 1.29 is 19.1 Å². The van der Waals surface area contributed by atoms with Crippen LogP contribution in [0.4, 0.5) is 0 Å². The molecule has 2 rings (SSSR count). The molecule has 7 heteroatoms. The van der Waals surface area contributed by atoms with Crippen LogP contribution in [0.5, 0.6) is 0 Å². The Morgan fingerprint density at radius 1 is 1.10 bits per heavy atom. The number of nitrogens with one attached hydrogen (secondary N) is 2. The Balaban J connectivity index is 1.54. The van der Waals surface area contributed by atoms with E-state index in [2.05, 4.69) is 22.5 Å². The van der Waals surface area contributed by atoms with E-state index >= 15 is 0 Å². The van der Waals surface area contributed by atoms with Gasteiger partial charge < -0.3 is 15.4 Å². The number of hydrogen-bond acceptors (Lipinski definition) is 5. The summed E-state index contributed by atoms with van der Waals surface area (Å²) in [6, 6.07) is 9.38. The van der Waals surface area contributed by atoms with Crippen LogP contribution in [0.25, 0.3) is 0 Å². The third-order valence-corrected chi connectivity index (χ3v) is 5.01. The number of likely N-dealkylation sites (tertiary alicyclic amines) is 1. The second-order valence-corrected chi connectivity index (χ2v) is 7.33. The van der Waals surface area contributed by atoms with Crippen molar-refractivity contribution in [3.05, 3.63) is 35.9 Å². The number of esters is 1. The van der Waals surface area contributed by atoms with Gasteiger partial charge in [0.1, 0.15) is 6.61 Å². The average molecular weight is 404 g/mol. The average Bonchev–Trinajstić information content (AvgIpc) is 3.20. The zero-order valence-corrected chi connectivity index (χ0v) is 17.3. The fourth-order valence-corrected chi connectivity index (χ4v) is 3.37. The van der Waals surface area contributed by atoms with E-state index in [0.29, 0.717) is 6.54 Å². The molecule has 1 aliphatic rings. The first-order valence-electron chi connectivity index (χ1n) is 10.6. The lowest BCUT2D eigenvalue weighted by molar-refractivity contribution is -0.144. The number of hydrogen-bond donors (Lipinski definition) is 2. The summed E-state index contributed by atoms with van der Waals surface area (Å²) < 4.78 is 5.17. The first-order valence-corrected chi connectivity index (χ1v) is 10.6. The van der Waals surface area contributed by atoms with Crippen LogP contribution < -0.4 is 10.6 Å². The lowest BCUT2D eigenvalue weighted by Gasteiger charge is -2.23. The summed E-state index contributed by atoms with van der Waals surface area (Å²) in [5.74, 6) is -0.526. The number of ether oxygens (including phenoxy) is 1. The Kier molecular flexibility index (Phi) is 10.2. The fourth-order valence-electron chi connectivity index (χ4n) is 3.37. The van der Waals surface area contributed by atoms with Crippen LogP contribution in [0, 0.1) is 0 Å². The number of amides is 2. The molecule has 0 bridgehead atoms. The van der Waals surface area contributed by atoms with Crippen molar-refractivity contribution in [2.75, 3.05) is 26.2 Å². The van der Waals surface area contributed by atoms with Crippen molar-refractivity contribution in [1.82, 2.24) is 15.5 Å². The highest BCUT2D eigenvalue weighted by Crippen LogP contribution is 2.17. The van der Waals surface area contributed by atoms with Crippen LogP contribution in [-0.4, -0.2) is 54.9 Å². The summed E-state index contributed by atoms with van der Waals surface area (Å²) in [6.45, 7) is 4.84. The Bertz CT molecular complexity index is 651. The maximum absolute atomic E-state index is 12.3. The van der Waals surface area contributed by atoms with Gasteiger partial charge in [-0.2, -0.15) is 0 Å². The third kappa shape index (κ3) is 8.64. The lowest BCUT2D eigenvalue weighted by atomic mass is 10.2. The van der Waals surface area contributed by atoms with E-state index in [-0.39, 0.29) is 49.8 Å². The largest absolute Gasteiger partial charge is 0.461 e. The minimum Gasteiger partial charge on any atom is -0.461 e. The third-order valence-electron chi connectivity index (χ3n) is 5.01. The van der Waals surface area contributed by atoms with Gasteiger partial charge in [-0.25, -0.2) is 0 Å². The molecular weight excluding hydrogens is 370 g/mol. The minimum absolute atomic E-state index is 0.0101. The number of rotatable bonds is 12. The summed E-state index contributed by atoms with van der Waals surface area (Å²) in [5.41, 5.74) is 0.927. The summed E-state index contributed by atoms with van der Waals surface area (Å²) >= 11 is 0. The van der Waals surface area contributed by atoms with E-state index in [1.165, 1.54) is 0 Å². The molecule has 160 valence electrons. The number of unbranched alkanes of at least 4 members (excludes halogenated alkanes) is 1. The monoisotopic (exact) mass is 403 g/mol. The smallest absolute Gasteiger partial charge is 0.307 e. The second kappa shape index (κ2) is 12.9. The van der Waals surface area contributed by atoms with Crippen molar-refractivity contribution in [3.8, 4) is 0 Å². The molecule has 1 aromatic carbocycles. The predicted molar refractivity (Wildman–Crippen MR) is 111 cm³/mol. The van der Waals surface area contributed by atoms with Crippen LogP contribution >= 0.6 is 0 Å². The van der Waals surface area contributed by atoms with Crippen molar-refractivity contribution in [1.29, 1.82) is 0 Å². The zero-order valence-electron chi connectivity index (χ0n) is 17.3. The van der Waals surface area contributed by atoms with Gasteiger partial charge in [0.2, 0.25) is 11.8 Å². The molecule has 0 aromatic heterocycles. The molecule has 0 radical (unpaired) electrons. The molecule has 29 heavy (non-hydrogen) atoms. The van der Waals surface area contributed by atoms with E-state index < -0.39 is 0 Å². The molecule has 1 aromatic rings. The molecule has 1 fully saturated rings. The lowest BCUT2D eigenvalue weighted by Crippen LogP contribution is -2.44. The standard InChI is InChI=1S/C22H33N3O4/c1-2-3-15-25-16-7-10-19(25)22(28)24-13-11-20(26)23-14-12-21(27)29-17-18-8-5-4-6-9-18/h4-6,8-9,19H,2-3,7,10-17H2,1H3,(H,23,26)(H,24,28). The van der Waals surface area contributed by atoms with Gasteiger partial charge in [0.15, 0.2) is 0 Å². The summed E-state index contributed by atoms with van der Waals surface area (Å²) in [5, 5.41) is 5.56. The number of benzene rings is 1. The van der Waals surface area contributed by atoms with Crippen LogP contribution in [-0.2, 0) is 25.7 Å². The Hall–Kier alpha value is -2.41. The zero-order chi connectivity index (χ0) is 20.9. The molecule has 0 aliphatic carbocycles. The number of carbonyl (C=O) groups is 3. The topological polar surface area (TPSA) is 87.7 Å². The highest BCUT2D eigenvalue weighted by molar-refractivity contribution is 5.83. The molecule has 1 atom stereocenters. The van der Waals surface area contributed by atoms with Crippen molar-refractivity contribution in [2.24, 2.45) is 0 Å². The van der Waals surface area contributed by atoms with Gasteiger partial charge in [-0.3, -0.25) is 19.3 Å². The van der Waals surface area contributed by atoms with Gasteiger partial charge in [-0.05, 0) is 37.9 Å².